The fourth-order valence-corrected chi connectivity index (χ4v) is 2.64. The molecule has 0 aromatic carbocycles. The van der Waals surface area contributed by atoms with Gasteiger partial charge in [-0.3, -0.25) is 0 Å². The predicted molar refractivity (Wildman–Crippen MR) is 64.8 cm³/mol. The summed E-state index contributed by atoms with van der Waals surface area (Å²) in [4.78, 5) is 4.16. The number of thioether (sulfide) groups is 1. The molecule has 1 saturated carbocycles. The lowest BCUT2D eigenvalue weighted by atomic mass is 10.5. The minimum atomic E-state index is 0.422. The van der Waals surface area contributed by atoms with Gasteiger partial charge < -0.3 is 14.8 Å². The van der Waals surface area contributed by atoms with E-state index in [0.29, 0.717) is 30.1 Å². The minimum absolute atomic E-state index is 0.422. The third-order valence-electron chi connectivity index (χ3n) is 2.73. The van der Waals surface area contributed by atoms with Gasteiger partial charge in [0.1, 0.15) is 5.82 Å². The molecule has 1 aliphatic rings. The van der Waals surface area contributed by atoms with Gasteiger partial charge in [-0.2, -0.15) is 4.98 Å². The molecular weight excluding hydrogens is 252 g/mol. The van der Waals surface area contributed by atoms with Crippen LogP contribution in [0.25, 0.3) is 0 Å². The Morgan fingerprint density at radius 3 is 2.89 bits per heavy atom. The standard InChI is InChI=1S/C10H14N6OS/c1-6-12-8(15-17-6)5-18-10-14-13-9(4-11)16(10)7-2-3-7/h7H,2-5,11H2,1H3. The number of rotatable bonds is 5. The molecule has 2 aromatic rings. The summed E-state index contributed by atoms with van der Waals surface area (Å²) < 4.78 is 7.07. The van der Waals surface area contributed by atoms with Crippen LogP contribution in [0.5, 0.6) is 0 Å². The van der Waals surface area contributed by atoms with E-state index in [-0.39, 0.29) is 0 Å². The zero-order chi connectivity index (χ0) is 12.5. The first-order valence-electron chi connectivity index (χ1n) is 5.83. The Bertz CT molecular complexity index is 546. The van der Waals surface area contributed by atoms with Crippen molar-refractivity contribution >= 4 is 11.8 Å². The van der Waals surface area contributed by atoms with Crippen LogP contribution in [0.15, 0.2) is 9.68 Å². The summed E-state index contributed by atoms with van der Waals surface area (Å²) in [7, 11) is 0. The minimum Gasteiger partial charge on any atom is -0.340 e. The van der Waals surface area contributed by atoms with E-state index in [2.05, 4.69) is 24.9 Å². The van der Waals surface area contributed by atoms with Crippen LogP contribution in [0.2, 0.25) is 0 Å². The van der Waals surface area contributed by atoms with Crippen molar-refractivity contribution in [3.63, 3.8) is 0 Å². The summed E-state index contributed by atoms with van der Waals surface area (Å²) >= 11 is 1.57. The van der Waals surface area contributed by atoms with Crippen molar-refractivity contribution < 1.29 is 4.52 Å². The number of hydrogen-bond acceptors (Lipinski definition) is 7. The van der Waals surface area contributed by atoms with Gasteiger partial charge in [0.25, 0.3) is 0 Å². The molecule has 0 bridgehead atoms. The van der Waals surface area contributed by atoms with E-state index < -0.39 is 0 Å². The quantitative estimate of drug-likeness (QED) is 0.808. The van der Waals surface area contributed by atoms with Crippen LogP contribution in [0.4, 0.5) is 0 Å². The average Bonchev–Trinajstić information content (AvgIpc) is 2.99. The second-order valence-electron chi connectivity index (χ2n) is 4.22. The van der Waals surface area contributed by atoms with Crippen molar-refractivity contribution in [1.29, 1.82) is 0 Å². The Labute approximate surface area is 108 Å². The summed E-state index contributed by atoms with van der Waals surface area (Å²) in [5.41, 5.74) is 5.67. The van der Waals surface area contributed by atoms with Crippen molar-refractivity contribution in [2.24, 2.45) is 5.73 Å². The zero-order valence-electron chi connectivity index (χ0n) is 10.0. The van der Waals surface area contributed by atoms with E-state index in [1.54, 1.807) is 18.7 Å². The second kappa shape index (κ2) is 4.69. The van der Waals surface area contributed by atoms with Gasteiger partial charge in [-0.05, 0) is 12.8 Å². The predicted octanol–water partition coefficient (Wildman–Crippen LogP) is 1.06. The molecular formula is C10H14N6OS. The monoisotopic (exact) mass is 266 g/mol. The molecule has 7 nitrogen and oxygen atoms in total. The lowest BCUT2D eigenvalue weighted by Crippen LogP contribution is -2.08. The highest BCUT2D eigenvalue weighted by Gasteiger charge is 2.29. The highest BCUT2D eigenvalue weighted by atomic mass is 32.2. The zero-order valence-corrected chi connectivity index (χ0v) is 10.9. The lowest BCUT2D eigenvalue weighted by Gasteiger charge is -2.05. The third kappa shape index (κ3) is 2.25. The summed E-state index contributed by atoms with van der Waals surface area (Å²) in [5, 5.41) is 13.0. The molecule has 1 fully saturated rings. The molecule has 0 amide bonds. The Morgan fingerprint density at radius 2 is 2.28 bits per heavy atom. The molecule has 0 unspecified atom stereocenters. The van der Waals surface area contributed by atoms with Crippen LogP contribution < -0.4 is 5.73 Å². The summed E-state index contributed by atoms with van der Waals surface area (Å²) in [5.74, 6) is 2.74. The molecule has 0 aliphatic heterocycles. The maximum Gasteiger partial charge on any atom is 0.223 e. The Hall–Kier alpha value is -1.41. The molecule has 1 aliphatic carbocycles. The molecule has 3 rings (SSSR count). The Balaban J connectivity index is 1.74. The highest BCUT2D eigenvalue weighted by molar-refractivity contribution is 7.98. The van der Waals surface area contributed by atoms with E-state index in [0.717, 1.165) is 11.0 Å². The Morgan fingerprint density at radius 1 is 1.44 bits per heavy atom. The van der Waals surface area contributed by atoms with Gasteiger partial charge in [-0.15, -0.1) is 10.2 Å². The molecule has 2 heterocycles. The number of hydrogen-bond donors (Lipinski definition) is 1. The maximum absolute atomic E-state index is 5.67. The smallest absolute Gasteiger partial charge is 0.223 e. The van der Waals surface area contributed by atoms with Gasteiger partial charge in [0.2, 0.25) is 5.89 Å². The Kier molecular flexibility index (Phi) is 3.04. The number of aromatic nitrogens is 5. The maximum atomic E-state index is 5.67. The molecule has 2 aromatic heterocycles. The molecule has 2 N–H and O–H groups in total. The highest BCUT2D eigenvalue weighted by Crippen LogP contribution is 2.39. The molecule has 18 heavy (non-hydrogen) atoms. The fourth-order valence-electron chi connectivity index (χ4n) is 1.77. The molecule has 0 radical (unpaired) electrons. The van der Waals surface area contributed by atoms with Crippen molar-refractivity contribution in [3.8, 4) is 0 Å². The largest absolute Gasteiger partial charge is 0.340 e. The van der Waals surface area contributed by atoms with E-state index in [1.165, 1.54) is 12.8 Å². The number of nitrogens with two attached hydrogens (primary N) is 1. The van der Waals surface area contributed by atoms with Crippen molar-refractivity contribution in [2.75, 3.05) is 0 Å². The normalized spacial score (nSPS) is 15.2. The second-order valence-corrected chi connectivity index (χ2v) is 5.16. The molecule has 8 heteroatoms. The van der Waals surface area contributed by atoms with Crippen molar-refractivity contribution in [1.82, 2.24) is 24.9 Å². The summed E-state index contributed by atoms with van der Waals surface area (Å²) in [6, 6.07) is 0.521. The first-order chi connectivity index (χ1) is 8.78. The van der Waals surface area contributed by atoms with Crippen LogP contribution in [-0.4, -0.2) is 24.9 Å². The topological polar surface area (TPSA) is 95.7 Å². The van der Waals surface area contributed by atoms with E-state index in [4.69, 9.17) is 10.3 Å². The first-order valence-corrected chi connectivity index (χ1v) is 6.82. The fraction of sp³-hybridized carbons (Fsp3) is 0.600. The average molecular weight is 266 g/mol. The number of aryl methyl sites for hydroxylation is 1. The van der Waals surface area contributed by atoms with Gasteiger partial charge in [-0.1, -0.05) is 16.9 Å². The first kappa shape index (κ1) is 11.7. The number of nitrogens with zero attached hydrogens (tertiary/aromatic N) is 5. The van der Waals surface area contributed by atoms with Crippen molar-refractivity contribution in [2.45, 2.75) is 43.3 Å². The summed E-state index contributed by atoms with van der Waals surface area (Å²) in [6.45, 7) is 2.20. The third-order valence-corrected chi connectivity index (χ3v) is 3.67. The van der Waals surface area contributed by atoms with Gasteiger partial charge in [0.05, 0.1) is 12.3 Å². The van der Waals surface area contributed by atoms with Gasteiger partial charge in [0.15, 0.2) is 11.0 Å². The molecule has 0 saturated heterocycles. The van der Waals surface area contributed by atoms with E-state index >= 15 is 0 Å². The molecule has 0 spiro atoms. The van der Waals surface area contributed by atoms with E-state index in [9.17, 15) is 0 Å². The lowest BCUT2D eigenvalue weighted by molar-refractivity contribution is 0.389. The van der Waals surface area contributed by atoms with Gasteiger partial charge in [0, 0.05) is 13.0 Å². The molecule has 0 atom stereocenters. The van der Waals surface area contributed by atoms with Crippen LogP contribution in [0.3, 0.4) is 0 Å². The van der Waals surface area contributed by atoms with Gasteiger partial charge >= 0.3 is 0 Å². The summed E-state index contributed by atoms with van der Waals surface area (Å²) in [6.07, 6.45) is 2.36. The van der Waals surface area contributed by atoms with Crippen LogP contribution in [0, 0.1) is 6.92 Å². The SMILES string of the molecule is Cc1nc(CSc2nnc(CN)n2C2CC2)no1. The molecule has 96 valence electrons. The van der Waals surface area contributed by atoms with E-state index in [1.807, 2.05) is 0 Å². The van der Waals surface area contributed by atoms with Crippen LogP contribution in [-0.2, 0) is 12.3 Å². The van der Waals surface area contributed by atoms with Crippen LogP contribution in [0.1, 0.15) is 36.4 Å². The van der Waals surface area contributed by atoms with Crippen molar-refractivity contribution in [3.05, 3.63) is 17.5 Å². The van der Waals surface area contributed by atoms with Gasteiger partial charge in [-0.25, -0.2) is 0 Å². The van der Waals surface area contributed by atoms with Crippen LogP contribution >= 0.6 is 11.8 Å².